The fourth-order valence-electron chi connectivity index (χ4n) is 1.53. The highest BCUT2D eigenvalue weighted by atomic mass is 16.2. The molecule has 1 fully saturated rings. The molecule has 0 aromatic heterocycles. The second kappa shape index (κ2) is 3.74. The van der Waals surface area contributed by atoms with Gasteiger partial charge in [-0.1, -0.05) is 19.1 Å². The van der Waals surface area contributed by atoms with Gasteiger partial charge in [-0.3, -0.25) is 4.79 Å². The van der Waals surface area contributed by atoms with Gasteiger partial charge in [-0.05, 0) is 19.3 Å². The molecule has 1 saturated heterocycles. The van der Waals surface area contributed by atoms with E-state index in [-0.39, 0.29) is 5.91 Å². The van der Waals surface area contributed by atoms with Gasteiger partial charge in [0.25, 0.3) is 0 Å². The fraction of sp³-hybridized carbons (Fsp3) is 0.700. The van der Waals surface area contributed by atoms with Crippen molar-refractivity contribution in [3.05, 3.63) is 12.2 Å². The molecular formula is C10H17NO. The summed E-state index contributed by atoms with van der Waals surface area (Å²) in [6.45, 7) is 9.70. The summed E-state index contributed by atoms with van der Waals surface area (Å²) >= 11 is 0. The molecule has 2 nitrogen and oxygen atoms in total. The molecule has 1 heterocycles. The number of rotatable bonds is 2. The van der Waals surface area contributed by atoms with E-state index in [1.54, 1.807) is 0 Å². The van der Waals surface area contributed by atoms with Gasteiger partial charge in [-0.15, -0.1) is 0 Å². The Kier molecular flexibility index (Phi) is 2.90. The molecule has 12 heavy (non-hydrogen) atoms. The van der Waals surface area contributed by atoms with Gasteiger partial charge >= 0.3 is 0 Å². The van der Waals surface area contributed by atoms with Crippen LogP contribution in [-0.2, 0) is 4.79 Å². The van der Waals surface area contributed by atoms with Gasteiger partial charge in [0.2, 0.25) is 5.91 Å². The Hall–Kier alpha value is -0.790. The molecule has 0 spiro atoms. The van der Waals surface area contributed by atoms with E-state index in [9.17, 15) is 4.79 Å². The van der Waals surface area contributed by atoms with Gasteiger partial charge in [0.1, 0.15) is 0 Å². The monoisotopic (exact) mass is 167 g/mol. The van der Waals surface area contributed by atoms with Crippen LogP contribution in [0, 0.1) is 5.92 Å². The van der Waals surface area contributed by atoms with Gasteiger partial charge in [0, 0.05) is 19.5 Å². The molecule has 1 rings (SSSR count). The van der Waals surface area contributed by atoms with Crippen LogP contribution in [-0.4, -0.2) is 23.9 Å². The first-order valence-electron chi connectivity index (χ1n) is 4.51. The maximum absolute atomic E-state index is 11.5. The van der Waals surface area contributed by atoms with Crippen molar-refractivity contribution in [3.8, 4) is 0 Å². The Bertz CT molecular complexity index is 198. The molecule has 0 aromatic rings. The van der Waals surface area contributed by atoms with Gasteiger partial charge in [0.15, 0.2) is 0 Å². The highest BCUT2D eigenvalue weighted by molar-refractivity contribution is 5.78. The van der Waals surface area contributed by atoms with Crippen LogP contribution in [0.1, 0.15) is 26.7 Å². The van der Waals surface area contributed by atoms with E-state index in [2.05, 4.69) is 13.5 Å². The van der Waals surface area contributed by atoms with E-state index in [1.807, 2.05) is 11.8 Å². The number of likely N-dealkylation sites (tertiary alicyclic amines) is 1. The molecule has 1 unspecified atom stereocenters. The summed E-state index contributed by atoms with van der Waals surface area (Å²) in [7, 11) is 0. The van der Waals surface area contributed by atoms with Crippen LogP contribution in [0.5, 0.6) is 0 Å². The van der Waals surface area contributed by atoms with Crippen LogP contribution in [0.2, 0.25) is 0 Å². The minimum Gasteiger partial charge on any atom is -0.342 e. The van der Waals surface area contributed by atoms with Gasteiger partial charge in [0.05, 0.1) is 0 Å². The van der Waals surface area contributed by atoms with Crippen LogP contribution in [0.25, 0.3) is 0 Å². The third-order valence-electron chi connectivity index (χ3n) is 2.23. The molecular weight excluding hydrogens is 150 g/mol. The number of amides is 1. The van der Waals surface area contributed by atoms with E-state index in [4.69, 9.17) is 0 Å². The Morgan fingerprint density at radius 2 is 2.33 bits per heavy atom. The van der Waals surface area contributed by atoms with E-state index >= 15 is 0 Å². The van der Waals surface area contributed by atoms with Crippen molar-refractivity contribution in [2.75, 3.05) is 13.1 Å². The zero-order valence-electron chi connectivity index (χ0n) is 7.97. The van der Waals surface area contributed by atoms with Crippen molar-refractivity contribution in [3.63, 3.8) is 0 Å². The summed E-state index contributed by atoms with van der Waals surface area (Å²) in [5, 5.41) is 0. The van der Waals surface area contributed by atoms with Crippen molar-refractivity contribution < 1.29 is 4.79 Å². The molecule has 68 valence electrons. The summed E-state index contributed by atoms with van der Waals surface area (Å²) in [5.74, 6) is 0.922. The number of hydrogen-bond donors (Lipinski definition) is 0. The Morgan fingerprint density at radius 3 is 2.75 bits per heavy atom. The summed E-state index contributed by atoms with van der Waals surface area (Å²) in [6, 6.07) is 0. The van der Waals surface area contributed by atoms with E-state index < -0.39 is 0 Å². The Labute approximate surface area is 74.2 Å². The zero-order chi connectivity index (χ0) is 9.14. The predicted molar refractivity (Wildman–Crippen MR) is 49.8 cm³/mol. The molecule has 0 saturated carbocycles. The average molecular weight is 167 g/mol. The van der Waals surface area contributed by atoms with Gasteiger partial charge in [-0.25, -0.2) is 0 Å². The fourth-order valence-corrected chi connectivity index (χ4v) is 1.53. The molecule has 0 aromatic carbocycles. The van der Waals surface area contributed by atoms with E-state index in [0.717, 1.165) is 25.1 Å². The molecule has 0 radical (unpaired) electrons. The lowest BCUT2D eigenvalue weighted by Gasteiger charge is -2.15. The SMILES string of the molecule is C=C(C)CC(=O)N1CCC(C)C1. The Balaban J connectivity index is 2.38. The second-order valence-corrected chi connectivity index (χ2v) is 3.87. The van der Waals surface area contributed by atoms with Crippen molar-refractivity contribution in [2.45, 2.75) is 26.7 Å². The first kappa shape index (κ1) is 9.30. The topological polar surface area (TPSA) is 20.3 Å². The number of nitrogens with zero attached hydrogens (tertiary/aromatic N) is 1. The highest BCUT2D eigenvalue weighted by Crippen LogP contribution is 2.16. The van der Waals surface area contributed by atoms with Gasteiger partial charge in [-0.2, -0.15) is 0 Å². The lowest BCUT2D eigenvalue weighted by atomic mass is 10.2. The molecule has 0 aliphatic carbocycles. The Morgan fingerprint density at radius 1 is 1.67 bits per heavy atom. The number of hydrogen-bond acceptors (Lipinski definition) is 1. The smallest absolute Gasteiger partial charge is 0.226 e. The molecule has 1 amide bonds. The lowest BCUT2D eigenvalue weighted by molar-refractivity contribution is -0.129. The summed E-state index contributed by atoms with van der Waals surface area (Å²) in [6.07, 6.45) is 1.68. The highest BCUT2D eigenvalue weighted by Gasteiger charge is 2.22. The quantitative estimate of drug-likeness (QED) is 0.574. The minimum atomic E-state index is 0.242. The van der Waals surface area contributed by atoms with E-state index in [1.165, 1.54) is 0 Å². The number of carbonyl (C=O) groups excluding carboxylic acids is 1. The van der Waals surface area contributed by atoms with Crippen molar-refractivity contribution in [2.24, 2.45) is 5.92 Å². The van der Waals surface area contributed by atoms with Crippen LogP contribution in [0.15, 0.2) is 12.2 Å². The van der Waals surface area contributed by atoms with E-state index in [0.29, 0.717) is 12.3 Å². The van der Waals surface area contributed by atoms with Crippen molar-refractivity contribution >= 4 is 5.91 Å². The first-order chi connectivity index (χ1) is 5.59. The normalized spacial score (nSPS) is 22.8. The molecule has 2 heteroatoms. The average Bonchev–Trinajstić information content (AvgIpc) is 2.34. The third-order valence-corrected chi connectivity index (χ3v) is 2.23. The third kappa shape index (κ3) is 2.36. The molecule has 1 atom stereocenters. The molecule has 0 N–H and O–H groups in total. The molecule has 0 bridgehead atoms. The van der Waals surface area contributed by atoms with Crippen molar-refractivity contribution in [1.82, 2.24) is 4.90 Å². The maximum atomic E-state index is 11.5. The minimum absolute atomic E-state index is 0.242. The summed E-state index contributed by atoms with van der Waals surface area (Å²) in [4.78, 5) is 13.4. The van der Waals surface area contributed by atoms with Crippen molar-refractivity contribution in [1.29, 1.82) is 0 Å². The molecule has 1 aliphatic rings. The zero-order valence-corrected chi connectivity index (χ0v) is 7.97. The lowest BCUT2D eigenvalue weighted by Crippen LogP contribution is -2.28. The van der Waals surface area contributed by atoms with Crippen LogP contribution in [0.4, 0.5) is 0 Å². The summed E-state index contributed by atoms with van der Waals surface area (Å²) in [5.41, 5.74) is 0.958. The molecule has 1 aliphatic heterocycles. The van der Waals surface area contributed by atoms with Crippen LogP contribution >= 0.6 is 0 Å². The second-order valence-electron chi connectivity index (χ2n) is 3.87. The van der Waals surface area contributed by atoms with Gasteiger partial charge < -0.3 is 4.90 Å². The summed E-state index contributed by atoms with van der Waals surface area (Å²) < 4.78 is 0. The number of carbonyl (C=O) groups is 1. The first-order valence-corrected chi connectivity index (χ1v) is 4.51. The predicted octanol–water partition coefficient (Wildman–Crippen LogP) is 1.82. The van der Waals surface area contributed by atoms with Crippen LogP contribution in [0.3, 0.4) is 0 Å². The van der Waals surface area contributed by atoms with Crippen LogP contribution < -0.4 is 0 Å². The largest absolute Gasteiger partial charge is 0.342 e. The maximum Gasteiger partial charge on any atom is 0.226 e. The standard InChI is InChI=1S/C10H17NO/c1-8(2)6-10(12)11-5-4-9(3)7-11/h9H,1,4-7H2,2-3H3.